The van der Waals surface area contributed by atoms with Gasteiger partial charge in [-0.3, -0.25) is 19.9 Å². The van der Waals surface area contributed by atoms with Crippen LogP contribution in [0.15, 0.2) is 89.5 Å². The maximum absolute atomic E-state index is 12.7. The molecule has 1 aliphatic rings. The number of carbonyl (C=O) groups excluding carboxylic acids is 1. The van der Waals surface area contributed by atoms with Crippen LogP contribution in [-0.4, -0.2) is 32.4 Å². The molecule has 2 aromatic heterocycles. The van der Waals surface area contributed by atoms with Gasteiger partial charge in [0.25, 0.3) is 5.69 Å². The number of hydrogen-bond donors (Lipinski definition) is 2. The summed E-state index contributed by atoms with van der Waals surface area (Å²) in [6, 6.07) is 22.5. The average molecular weight is 528 g/mol. The molecule has 3 heterocycles. The number of aromatic nitrogens is 1. The smallest absolute Gasteiger partial charge is 0.270 e. The highest BCUT2D eigenvalue weighted by molar-refractivity contribution is 7.80. The summed E-state index contributed by atoms with van der Waals surface area (Å²) in [5.74, 6) is 0.972. The van der Waals surface area contributed by atoms with E-state index in [2.05, 4.69) is 15.6 Å². The number of pyridine rings is 1. The van der Waals surface area contributed by atoms with Crippen LogP contribution in [0.3, 0.4) is 0 Å². The number of hydrogen-bond acceptors (Lipinski definition) is 6. The summed E-state index contributed by atoms with van der Waals surface area (Å²) < 4.78 is 6.24. The summed E-state index contributed by atoms with van der Waals surface area (Å²) in [5.41, 5.74) is 3.20. The zero-order valence-corrected chi connectivity index (χ0v) is 21.4. The van der Waals surface area contributed by atoms with Gasteiger partial charge in [0, 0.05) is 42.5 Å². The van der Waals surface area contributed by atoms with Gasteiger partial charge in [0.05, 0.1) is 16.7 Å². The first-order valence-electron chi connectivity index (χ1n) is 12.1. The lowest BCUT2D eigenvalue weighted by Gasteiger charge is -2.25. The highest BCUT2D eigenvalue weighted by atomic mass is 32.1. The SMILES string of the molecule is Cc1ccc(NC(=O)CCN2C(=S)N[C@H](c3ccccn3)[C@@H]2c2ccc(-c3cccc([N+](=O)[O-])c3)o2)cc1. The lowest BCUT2D eigenvalue weighted by atomic mass is 10.0. The predicted molar refractivity (Wildman–Crippen MR) is 147 cm³/mol. The summed E-state index contributed by atoms with van der Waals surface area (Å²) >= 11 is 5.68. The first-order valence-corrected chi connectivity index (χ1v) is 12.5. The second kappa shape index (κ2) is 10.8. The van der Waals surface area contributed by atoms with Crippen LogP contribution in [-0.2, 0) is 4.79 Å². The summed E-state index contributed by atoms with van der Waals surface area (Å²) in [7, 11) is 0. The zero-order valence-electron chi connectivity index (χ0n) is 20.5. The molecule has 1 fully saturated rings. The number of benzene rings is 2. The van der Waals surface area contributed by atoms with Gasteiger partial charge < -0.3 is 20.0 Å². The van der Waals surface area contributed by atoms with E-state index < -0.39 is 4.92 Å². The van der Waals surface area contributed by atoms with Gasteiger partial charge in [0.1, 0.15) is 17.6 Å². The van der Waals surface area contributed by atoms with Gasteiger partial charge in [-0.25, -0.2) is 0 Å². The molecule has 10 heteroatoms. The van der Waals surface area contributed by atoms with Crippen LogP contribution in [0, 0.1) is 17.0 Å². The van der Waals surface area contributed by atoms with Crippen molar-refractivity contribution in [2.24, 2.45) is 0 Å². The van der Waals surface area contributed by atoms with Crippen LogP contribution >= 0.6 is 12.2 Å². The molecule has 2 aromatic carbocycles. The molecular weight excluding hydrogens is 502 g/mol. The number of nitro benzene ring substituents is 1. The average Bonchev–Trinajstić information content (AvgIpc) is 3.54. The number of nitrogens with zero attached hydrogens (tertiary/aromatic N) is 3. The van der Waals surface area contributed by atoms with Crippen molar-refractivity contribution < 1.29 is 14.1 Å². The van der Waals surface area contributed by atoms with E-state index >= 15 is 0 Å². The molecule has 5 rings (SSSR count). The van der Waals surface area contributed by atoms with Gasteiger partial charge in [0.2, 0.25) is 5.91 Å². The third kappa shape index (κ3) is 5.40. The molecule has 0 bridgehead atoms. The monoisotopic (exact) mass is 527 g/mol. The summed E-state index contributed by atoms with van der Waals surface area (Å²) in [6.07, 6.45) is 1.92. The highest BCUT2D eigenvalue weighted by Gasteiger charge is 2.41. The standard InChI is InChI=1S/C28H25N5O4S/c1-18-8-10-20(11-9-18)30-25(34)14-16-32-27(26(31-28(32)38)22-7-2-3-15-29-22)24-13-12-23(37-24)19-5-4-6-21(17-19)33(35)36/h2-13,15,17,26-27H,14,16H2,1H3,(H,30,34)(H,31,38)/t26-,27+/m1/s1. The summed E-state index contributed by atoms with van der Waals surface area (Å²) in [6.45, 7) is 2.34. The first kappa shape index (κ1) is 25.1. The number of aryl methyl sites for hydroxylation is 1. The lowest BCUT2D eigenvalue weighted by Crippen LogP contribution is -2.32. The Morgan fingerprint density at radius 2 is 1.95 bits per heavy atom. The van der Waals surface area contributed by atoms with Crippen LogP contribution in [0.2, 0.25) is 0 Å². The van der Waals surface area contributed by atoms with Crippen molar-refractivity contribution in [2.45, 2.75) is 25.4 Å². The molecule has 1 aliphatic heterocycles. The third-order valence-corrected chi connectivity index (χ3v) is 6.73. The topological polar surface area (TPSA) is 114 Å². The maximum Gasteiger partial charge on any atom is 0.270 e. The largest absolute Gasteiger partial charge is 0.459 e. The molecule has 9 nitrogen and oxygen atoms in total. The zero-order chi connectivity index (χ0) is 26.6. The van der Waals surface area contributed by atoms with E-state index in [4.69, 9.17) is 16.6 Å². The number of thiocarbonyl (C=S) groups is 1. The van der Waals surface area contributed by atoms with Crippen molar-refractivity contribution in [1.82, 2.24) is 15.2 Å². The number of furan rings is 1. The Balaban J connectivity index is 1.40. The van der Waals surface area contributed by atoms with E-state index in [-0.39, 0.29) is 30.1 Å². The molecule has 0 unspecified atom stereocenters. The minimum absolute atomic E-state index is 0.0169. The van der Waals surface area contributed by atoms with Crippen LogP contribution in [0.4, 0.5) is 11.4 Å². The van der Waals surface area contributed by atoms with E-state index in [1.165, 1.54) is 12.1 Å². The molecule has 1 saturated heterocycles. The van der Waals surface area contributed by atoms with Gasteiger partial charge in [0.15, 0.2) is 5.11 Å². The first-order chi connectivity index (χ1) is 18.4. The minimum Gasteiger partial charge on any atom is -0.459 e. The number of rotatable bonds is 8. The molecule has 2 atom stereocenters. The Morgan fingerprint density at radius 3 is 2.68 bits per heavy atom. The van der Waals surface area contributed by atoms with Crippen LogP contribution in [0.25, 0.3) is 11.3 Å². The molecule has 38 heavy (non-hydrogen) atoms. The van der Waals surface area contributed by atoms with Crippen molar-refractivity contribution in [2.75, 3.05) is 11.9 Å². The minimum atomic E-state index is -0.437. The third-order valence-electron chi connectivity index (χ3n) is 6.37. The van der Waals surface area contributed by atoms with Gasteiger partial charge in [-0.05, 0) is 55.5 Å². The van der Waals surface area contributed by atoms with E-state index in [0.717, 1.165) is 16.9 Å². The van der Waals surface area contributed by atoms with Crippen LogP contribution < -0.4 is 10.6 Å². The molecule has 2 N–H and O–H groups in total. The maximum atomic E-state index is 12.7. The fourth-order valence-corrected chi connectivity index (χ4v) is 4.81. The summed E-state index contributed by atoms with van der Waals surface area (Å²) in [4.78, 5) is 30.0. The van der Waals surface area contributed by atoms with Crippen LogP contribution in [0.5, 0.6) is 0 Å². The molecule has 0 radical (unpaired) electrons. The Bertz CT molecular complexity index is 1470. The second-order valence-electron chi connectivity index (χ2n) is 8.99. The molecule has 1 amide bonds. The van der Waals surface area contributed by atoms with E-state index in [1.54, 1.807) is 24.4 Å². The van der Waals surface area contributed by atoms with Crippen molar-refractivity contribution in [3.63, 3.8) is 0 Å². The van der Waals surface area contributed by atoms with Gasteiger partial charge in [-0.2, -0.15) is 0 Å². The number of nitrogens with one attached hydrogen (secondary N) is 2. The molecule has 0 saturated carbocycles. The number of carbonyl (C=O) groups is 1. The van der Waals surface area contributed by atoms with E-state index in [9.17, 15) is 14.9 Å². The Hall–Kier alpha value is -4.57. The molecule has 0 aliphatic carbocycles. The number of anilines is 1. The Kier molecular flexibility index (Phi) is 7.14. The number of nitro groups is 1. The second-order valence-corrected chi connectivity index (χ2v) is 9.38. The normalized spacial score (nSPS) is 16.8. The number of non-ortho nitro benzene ring substituents is 1. The van der Waals surface area contributed by atoms with Crippen molar-refractivity contribution >= 4 is 34.6 Å². The Labute approximate surface area is 224 Å². The fraction of sp³-hybridized carbons (Fsp3) is 0.179. The molecule has 192 valence electrons. The van der Waals surface area contributed by atoms with Crippen LogP contribution in [0.1, 0.15) is 35.5 Å². The van der Waals surface area contributed by atoms with Crippen molar-refractivity contribution in [3.8, 4) is 11.3 Å². The predicted octanol–water partition coefficient (Wildman–Crippen LogP) is 5.56. The van der Waals surface area contributed by atoms with Crippen molar-refractivity contribution in [1.29, 1.82) is 0 Å². The summed E-state index contributed by atoms with van der Waals surface area (Å²) in [5, 5.41) is 18.0. The van der Waals surface area contributed by atoms with Gasteiger partial charge >= 0.3 is 0 Å². The van der Waals surface area contributed by atoms with Gasteiger partial charge in [-0.1, -0.05) is 35.9 Å². The molecule has 0 spiro atoms. The number of amides is 1. The Morgan fingerprint density at radius 1 is 1.13 bits per heavy atom. The molecular formula is C28H25N5O4S. The van der Waals surface area contributed by atoms with Gasteiger partial charge in [-0.15, -0.1) is 0 Å². The van der Waals surface area contributed by atoms with Crippen molar-refractivity contribution in [3.05, 3.63) is 112 Å². The quantitative estimate of drug-likeness (QED) is 0.174. The fourth-order valence-electron chi connectivity index (χ4n) is 4.48. The lowest BCUT2D eigenvalue weighted by molar-refractivity contribution is -0.384. The highest BCUT2D eigenvalue weighted by Crippen LogP contribution is 2.40. The van der Waals surface area contributed by atoms with E-state index in [0.29, 0.717) is 28.7 Å². The molecule has 4 aromatic rings. The van der Waals surface area contributed by atoms with E-state index in [1.807, 2.05) is 60.4 Å².